The first-order chi connectivity index (χ1) is 14.7. The fourth-order valence-corrected chi connectivity index (χ4v) is 3.97. The summed E-state index contributed by atoms with van der Waals surface area (Å²) in [6.45, 7) is 14.5. The summed E-state index contributed by atoms with van der Waals surface area (Å²) < 4.78 is 17.6. The van der Waals surface area contributed by atoms with Gasteiger partial charge < -0.3 is 24.3 Å². The minimum Gasteiger partial charge on any atom is -0.444 e. The van der Waals surface area contributed by atoms with Gasteiger partial charge in [0.25, 0.3) is 5.91 Å². The van der Waals surface area contributed by atoms with E-state index in [1.54, 1.807) is 23.1 Å². The zero-order chi connectivity index (χ0) is 23.9. The highest BCUT2D eigenvalue weighted by Crippen LogP contribution is 2.36. The Morgan fingerprint density at radius 2 is 1.81 bits per heavy atom. The lowest BCUT2D eigenvalue weighted by atomic mass is 9.79. The van der Waals surface area contributed by atoms with E-state index in [1.165, 1.54) is 0 Å². The molecule has 1 atom stereocenters. The molecule has 1 aromatic rings. The summed E-state index contributed by atoms with van der Waals surface area (Å²) in [5.41, 5.74) is -0.331. The number of likely N-dealkylation sites (tertiary alicyclic amines) is 1. The molecule has 0 saturated carbocycles. The van der Waals surface area contributed by atoms with Crippen molar-refractivity contribution in [1.29, 1.82) is 0 Å². The van der Waals surface area contributed by atoms with Crippen molar-refractivity contribution in [1.82, 2.24) is 10.2 Å². The van der Waals surface area contributed by atoms with Gasteiger partial charge in [-0.1, -0.05) is 17.7 Å². The maximum atomic E-state index is 12.9. The van der Waals surface area contributed by atoms with Crippen LogP contribution in [0.5, 0.6) is 0 Å². The van der Waals surface area contributed by atoms with Crippen LogP contribution in [0.1, 0.15) is 71.7 Å². The summed E-state index contributed by atoms with van der Waals surface area (Å²) in [6.07, 6.45) is 1.22. The smallest absolute Gasteiger partial charge is 0.444 e. The average Bonchev–Trinajstić information content (AvgIpc) is 2.87. The van der Waals surface area contributed by atoms with E-state index in [9.17, 15) is 9.59 Å². The van der Waals surface area contributed by atoms with E-state index in [0.29, 0.717) is 23.7 Å². The number of nitrogens with zero attached hydrogens (tertiary/aromatic N) is 1. The molecule has 0 radical (unpaired) electrons. The fraction of sp³-hybridized carbons (Fsp3) is 0.652. The molecule has 2 amide bonds. The van der Waals surface area contributed by atoms with Crippen molar-refractivity contribution >= 4 is 36.2 Å². The Bertz CT molecular complexity index is 868. The van der Waals surface area contributed by atoms with Gasteiger partial charge in [-0.15, -0.1) is 0 Å². The summed E-state index contributed by atoms with van der Waals surface area (Å²) in [7, 11) is -0.546. The molecule has 32 heavy (non-hydrogen) atoms. The molecule has 176 valence electrons. The molecule has 1 unspecified atom stereocenters. The molecule has 0 aliphatic carbocycles. The molecule has 0 bridgehead atoms. The maximum Gasteiger partial charge on any atom is 0.494 e. The highest BCUT2D eigenvalue weighted by Gasteiger charge is 2.51. The number of hydrogen-bond donors (Lipinski definition) is 1. The van der Waals surface area contributed by atoms with E-state index in [0.717, 1.165) is 18.3 Å². The molecule has 0 spiro atoms. The topological polar surface area (TPSA) is 77.1 Å². The van der Waals surface area contributed by atoms with Crippen LogP contribution < -0.4 is 10.8 Å². The summed E-state index contributed by atoms with van der Waals surface area (Å²) >= 11 is 6.46. The zero-order valence-electron chi connectivity index (χ0n) is 20.1. The molecule has 1 N–H and O–H groups in total. The Kier molecular flexibility index (Phi) is 6.90. The predicted molar refractivity (Wildman–Crippen MR) is 125 cm³/mol. The Balaban J connectivity index is 1.64. The first kappa shape index (κ1) is 24.9. The van der Waals surface area contributed by atoms with Gasteiger partial charge in [0, 0.05) is 19.1 Å². The number of hydrogen-bond acceptors (Lipinski definition) is 5. The van der Waals surface area contributed by atoms with Crippen molar-refractivity contribution in [2.24, 2.45) is 0 Å². The predicted octanol–water partition coefficient (Wildman–Crippen LogP) is 3.77. The summed E-state index contributed by atoms with van der Waals surface area (Å²) in [4.78, 5) is 26.9. The van der Waals surface area contributed by atoms with E-state index in [4.69, 9.17) is 25.6 Å². The van der Waals surface area contributed by atoms with E-state index < -0.39 is 23.9 Å². The van der Waals surface area contributed by atoms with Crippen LogP contribution >= 0.6 is 11.6 Å². The van der Waals surface area contributed by atoms with Gasteiger partial charge in [-0.25, -0.2) is 4.79 Å². The van der Waals surface area contributed by atoms with Crippen molar-refractivity contribution < 1.29 is 23.6 Å². The molecule has 2 aliphatic heterocycles. The summed E-state index contributed by atoms with van der Waals surface area (Å²) in [6, 6.07) is 5.04. The molecule has 9 heteroatoms. The number of benzene rings is 1. The van der Waals surface area contributed by atoms with Crippen molar-refractivity contribution in [3.05, 3.63) is 28.8 Å². The molecule has 0 aromatic heterocycles. The molecular weight excluding hydrogens is 431 g/mol. The molecular formula is C23H34BClN2O5. The summed E-state index contributed by atoms with van der Waals surface area (Å²) in [5, 5.41) is 3.33. The molecule has 2 heterocycles. The van der Waals surface area contributed by atoms with Crippen LogP contribution in [0.15, 0.2) is 18.2 Å². The van der Waals surface area contributed by atoms with Crippen LogP contribution in [0, 0.1) is 0 Å². The number of carbonyl (C=O) groups excluding carboxylic acids is 2. The number of ether oxygens (including phenoxy) is 1. The number of carbonyl (C=O) groups is 2. The van der Waals surface area contributed by atoms with Crippen molar-refractivity contribution in [3.63, 3.8) is 0 Å². The van der Waals surface area contributed by atoms with E-state index in [-0.39, 0.29) is 18.0 Å². The first-order valence-corrected chi connectivity index (χ1v) is 11.5. The minimum absolute atomic E-state index is 0.164. The second-order valence-corrected chi connectivity index (χ2v) is 11.0. The van der Waals surface area contributed by atoms with Gasteiger partial charge in [-0.05, 0) is 78.9 Å². The van der Waals surface area contributed by atoms with Crippen LogP contribution in [-0.2, 0) is 14.0 Å². The van der Waals surface area contributed by atoms with Gasteiger partial charge in [0.15, 0.2) is 0 Å². The van der Waals surface area contributed by atoms with Crippen LogP contribution in [0.2, 0.25) is 5.02 Å². The van der Waals surface area contributed by atoms with Gasteiger partial charge in [-0.3, -0.25) is 4.79 Å². The number of rotatable bonds is 3. The lowest BCUT2D eigenvalue weighted by Gasteiger charge is -2.34. The second-order valence-electron chi connectivity index (χ2n) is 10.6. The molecule has 3 rings (SSSR count). The Morgan fingerprint density at radius 1 is 1.19 bits per heavy atom. The van der Waals surface area contributed by atoms with Crippen LogP contribution in [0.3, 0.4) is 0 Å². The Hall–Kier alpha value is -1.77. The number of nitrogens with one attached hydrogen (secondary N) is 1. The monoisotopic (exact) mass is 464 g/mol. The minimum atomic E-state index is -0.556. The third-order valence-electron chi connectivity index (χ3n) is 6.17. The number of piperidine rings is 1. The van der Waals surface area contributed by atoms with Crippen molar-refractivity contribution in [3.8, 4) is 0 Å². The molecule has 2 saturated heterocycles. The van der Waals surface area contributed by atoms with Crippen LogP contribution in [0.4, 0.5) is 4.79 Å². The van der Waals surface area contributed by atoms with Gasteiger partial charge in [0.05, 0.1) is 21.8 Å². The highest BCUT2D eigenvalue weighted by molar-refractivity contribution is 6.62. The standard InChI is InChI=1S/C23H34BClN2O5/c1-21(2,3)30-20(29)27-12-8-9-16(14-27)26-19(28)17-11-10-15(13-18(17)25)24-31-22(4,5)23(6,7)32-24/h10-11,13,16H,8-9,12,14H2,1-7H3,(H,26,28). The molecule has 2 fully saturated rings. The third-order valence-corrected chi connectivity index (χ3v) is 6.48. The fourth-order valence-electron chi connectivity index (χ4n) is 3.69. The highest BCUT2D eigenvalue weighted by atomic mass is 35.5. The van der Waals surface area contributed by atoms with E-state index in [2.05, 4.69) is 5.32 Å². The second kappa shape index (κ2) is 8.88. The van der Waals surface area contributed by atoms with Gasteiger partial charge in [-0.2, -0.15) is 0 Å². The largest absolute Gasteiger partial charge is 0.494 e. The molecule has 2 aliphatic rings. The van der Waals surface area contributed by atoms with E-state index in [1.807, 2.05) is 48.5 Å². The third kappa shape index (κ3) is 5.59. The quantitative estimate of drug-likeness (QED) is 0.689. The van der Waals surface area contributed by atoms with E-state index >= 15 is 0 Å². The van der Waals surface area contributed by atoms with Gasteiger partial charge in [0.2, 0.25) is 0 Å². The maximum absolute atomic E-state index is 12.9. The lowest BCUT2D eigenvalue weighted by Crippen LogP contribution is -2.50. The van der Waals surface area contributed by atoms with Crippen LogP contribution in [0.25, 0.3) is 0 Å². The zero-order valence-corrected chi connectivity index (χ0v) is 20.8. The Labute approximate surface area is 196 Å². The number of amides is 2. The Morgan fingerprint density at radius 3 is 2.38 bits per heavy atom. The average molecular weight is 465 g/mol. The normalized spacial score (nSPS) is 22.6. The van der Waals surface area contributed by atoms with Crippen LogP contribution in [-0.4, -0.2) is 60.0 Å². The van der Waals surface area contributed by atoms with Crippen molar-refractivity contribution in [2.45, 2.75) is 84.2 Å². The molecule has 7 nitrogen and oxygen atoms in total. The first-order valence-electron chi connectivity index (χ1n) is 11.1. The lowest BCUT2D eigenvalue weighted by molar-refractivity contribution is 0.00578. The summed E-state index contributed by atoms with van der Waals surface area (Å²) in [5.74, 6) is -0.272. The van der Waals surface area contributed by atoms with Gasteiger partial charge in [0.1, 0.15) is 5.60 Å². The van der Waals surface area contributed by atoms with Crippen molar-refractivity contribution in [2.75, 3.05) is 13.1 Å². The van der Waals surface area contributed by atoms with Gasteiger partial charge >= 0.3 is 13.2 Å². The number of halogens is 1. The SMILES string of the molecule is CC(C)(C)OC(=O)N1CCCC(NC(=O)c2ccc(B3OC(C)(C)C(C)(C)O3)cc2Cl)C1. The molecule has 1 aromatic carbocycles.